The number of likely N-dealkylation sites (N-methyl/N-ethyl adjacent to an activating group) is 1. The van der Waals surface area contributed by atoms with Crippen LogP contribution in [0.1, 0.15) is 13.3 Å². The second kappa shape index (κ2) is 5.84. The van der Waals surface area contributed by atoms with E-state index in [1.165, 1.54) is 6.92 Å². The number of carbonyl (C=O) groups is 2. The molecule has 0 aliphatic carbocycles. The zero-order valence-electron chi connectivity index (χ0n) is 10.4. The van der Waals surface area contributed by atoms with Crippen molar-refractivity contribution in [2.75, 3.05) is 46.8 Å². The SMILES string of the molecule is CC(=O)N(C)CCC(=O)N1CCN(C)CC1. The van der Waals surface area contributed by atoms with Gasteiger partial charge in [-0.2, -0.15) is 0 Å². The normalized spacial score (nSPS) is 17.3. The molecule has 0 aromatic carbocycles. The molecule has 16 heavy (non-hydrogen) atoms. The molecule has 0 aromatic rings. The number of rotatable bonds is 3. The third-order valence-corrected chi connectivity index (χ3v) is 3.05. The Labute approximate surface area is 97.0 Å². The molecule has 1 fully saturated rings. The number of hydrogen-bond donors (Lipinski definition) is 0. The first kappa shape index (κ1) is 13.0. The van der Waals surface area contributed by atoms with Crippen molar-refractivity contribution in [2.24, 2.45) is 0 Å². The third kappa shape index (κ3) is 3.81. The highest BCUT2D eigenvalue weighted by atomic mass is 16.2. The van der Waals surface area contributed by atoms with E-state index in [1.807, 2.05) is 4.90 Å². The third-order valence-electron chi connectivity index (χ3n) is 3.05. The fourth-order valence-corrected chi connectivity index (χ4v) is 1.63. The van der Waals surface area contributed by atoms with E-state index in [1.54, 1.807) is 11.9 Å². The molecule has 1 rings (SSSR count). The van der Waals surface area contributed by atoms with E-state index in [2.05, 4.69) is 11.9 Å². The van der Waals surface area contributed by atoms with Crippen molar-refractivity contribution in [3.8, 4) is 0 Å². The summed E-state index contributed by atoms with van der Waals surface area (Å²) >= 11 is 0. The van der Waals surface area contributed by atoms with E-state index >= 15 is 0 Å². The standard InChI is InChI=1S/C11H21N3O2/c1-10(15)13(3)5-4-11(16)14-8-6-12(2)7-9-14/h4-9H2,1-3H3. The minimum Gasteiger partial charge on any atom is -0.345 e. The number of carbonyl (C=O) groups excluding carboxylic acids is 2. The summed E-state index contributed by atoms with van der Waals surface area (Å²) in [5.41, 5.74) is 0. The van der Waals surface area contributed by atoms with Crippen LogP contribution in [-0.2, 0) is 9.59 Å². The Morgan fingerprint density at radius 1 is 1.19 bits per heavy atom. The molecule has 5 heteroatoms. The summed E-state index contributed by atoms with van der Waals surface area (Å²) in [4.78, 5) is 28.4. The van der Waals surface area contributed by atoms with E-state index in [9.17, 15) is 9.59 Å². The molecule has 0 unspecified atom stereocenters. The molecule has 5 nitrogen and oxygen atoms in total. The van der Waals surface area contributed by atoms with Crippen molar-refractivity contribution < 1.29 is 9.59 Å². The fourth-order valence-electron chi connectivity index (χ4n) is 1.63. The molecule has 1 aliphatic rings. The molecule has 0 saturated carbocycles. The molecule has 0 radical (unpaired) electrons. The zero-order valence-corrected chi connectivity index (χ0v) is 10.4. The van der Waals surface area contributed by atoms with Crippen LogP contribution in [0.15, 0.2) is 0 Å². The van der Waals surface area contributed by atoms with Crippen LogP contribution in [0.2, 0.25) is 0 Å². The van der Waals surface area contributed by atoms with Crippen molar-refractivity contribution in [1.29, 1.82) is 0 Å². The van der Waals surface area contributed by atoms with Crippen molar-refractivity contribution >= 4 is 11.8 Å². The summed E-state index contributed by atoms with van der Waals surface area (Å²) < 4.78 is 0. The molecule has 1 heterocycles. The molecule has 1 aliphatic heterocycles. The van der Waals surface area contributed by atoms with Gasteiger partial charge in [-0.15, -0.1) is 0 Å². The number of amides is 2. The molecule has 2 amide bonds. The Balaban J connectivity index is 2.27. The molecular weight excluding hydrogens is 206 g/mol. The van der Waals surface area contributed by atoms with Crippen LogP contribution in [0.25, 0.3) is 0 Å². The van der Waals surface area contributed by atoms with Gasteiger partial charge in [0.2, 0.25) is 11.8 Å². The van der Waals surface area contributed by atoms with Gasteiger partial charge in [-0.05, 0) is 7.05 Å². The zero-order chi connectivity index (χ0) is 12.1. The summed E-state index contributed by atoms with van der Waals surface area (Å²) in [6, 6.07) is 0. The highest BCUT2D eigenvalue weighted by Crippen LogP contribution is 2.02. The highest BCUT2D eigenvalue weighted by Gasteiger charge is 2.19. The lowest BCUT2D eigenvalue weighted by atomic mass is 10.3. The average molecular weight is 227 g/mol. The largest absolute Gasteiger partial charge is 0.345 e. The Morgan fingerprint density at radius 3 is 2.25 bits per heavy atom. The quantitative estimate of drug-likeness (QED) is 0.660. The molecule has 0 N–H and O–H groups in total. The Hall–Kier alpha value is -1.10. The molecule has 92 valence electrons. The topological polar surface area (TPSA) is 43.9 Å². The summed E-state index contributed by atoms with van der Waals surface area (Å²) in [6.07, 6.45) is 0.430. The van der Waals surface area contributed by atoms with Gasteiger partial charge in [0.25, 0.3) is 0 Å². The van der Waals surface area contributed by atoms with Crippen LogP contribution in [0.5, 0.6) is 0 Å². The van der Waals surface area contributed by atoms with Crippen molar-refractivity contribution in [2.45, 2.75) is 13.3 Å². The van der Waals surface area contributed by atoms with Crippen LogP contribution in [0.3, 0.4) is 0 Å². The monoisotopic (exact) mass is 227 g/mol. The van der Waals surface area contributed by atoms with E-state index in [-0.39, 0.29) is 11.8 Å². The smallest absolute Gasteiger partial charge is 0.224 e. The summed E-state index contributed by atoms with van der Waals surface area (Å²) in [7, 11) is 3.78. The molecule has 0 aromatic heterocycles. The molecule has 0 atom stereocenters. The minimum atomic E-state index is 0.00572. The lowest BCUT2D eigenvalue weighted by molar-refractivity contribution is -0.134. The maximum Gasteiger partial charge on any atom is 0.224 e. The van der Waals surface area contributed by atoms with Gasteiger partial charge < -0.3 is 14.7 Å². The van der Waals surface area contributed by atoms with Gasteiger partial charge in [-0.3, -0.25) is 9.59 Å². The first-order valence-electron chi connectivity index (χ1n) is 5.68. The number of piperazine rings is 1. The first-order valence-corrected chi connectivity index (χ1v) is 5.68. The van der Waals surface area contributed by atoms with E-state index in [0.29, 0.717) is 13.0 Å². The minimum absolute atomic E-state index is 0.00572. The van der Waals surface area contributed by atoms with Crippen molar-refractivity contribution in [1.82, 2.24) is 14.7 Å². The Morgan fingerprint density at radius 2 is 1.75 bits per heavy atom. The molecule has 0 spiro atoms. The maximum atomic E-state index is 11.8. The van der Waals surface area contributed by atoms with Gasteiger partial charge in [0.05, 0.1) is 0 Å². The average Bonchev–Trinajstić information content (AvgIpc) is 2.26. The van der Waals surface area contributed by atoms with Gasteiger partial charge in [0.15, 0.2) is 0 Å². The fraction of sp³-hybridized carbons (Fsp3) is 0.818. The lowest BCUT2D eigenvalue weighted by Gasteiger charge is -2.32. The number of nitrogens with zero attached hydrogens (tertiary/aromatic N) is 3. The van der Waals surface area contributed by atoms with E-state index < -0.39 is 0 Å². The van der Waals surface area contributed by atoms with Gasteiger partial charge in [-0.1, -0.05) is 0 Å². The molecule has 0 bridgehead atoms. The molecule has 1 saturated heterocycles. The van der Waals surface area contributed by atoms with Crippen LogP contribution in [0.4, 0.5) is 0 Å². The lowest BCUT2D eigenvalue weighted by Crippen LogP contribution is -2.47. The van der Waals surface area contributed by atoms with Crippen LogP contribution >= 0.6 is 0 Å². The Bertz CT molecular complexity index is 260. The van der Waals surface area contributed by atoms with Gasteiger partial charge in [-0.25, -0.2) is 0 Å². The first-order chi connectivity index (χ1) is 7.50. The van der Waals surface area contributed by atoms with Crippen molar-refractivity contribution in [3.05, 3.63) is 0 Å². The summed E-state index contributed by atoms with van der Waals surface area (Å²) in [6.45, 7) is 5.52. The van der Waals surface area contributed by atoms with Crippen LogP contribution in [-0.4, -0.2) is 73.3 Å². The van der Waals surface area contributed by atoms with Gasteiger partial charge in [0.1, 0.15) is 0 Å². The predicted octanol–water partition coefficient (Wildman–Crippen LogP) is -0.371. The summed E-state index contributed by atoms with van der Waals surface area (Å²) in [5.74, 6) is 0.160. The van der Waals surface area contributed by atoms with Crippen molar-refractivity contribution in [3.63, 3.8) is 0 Å². The Kier molecular flexibility index (Phi) is 4.73. The van der Waals surface area contributed by atoms with Gasteiger partial charge >= 0.3 is 0 Å². The van der Waals surface area contributed by atoms with Gasteiger partial charge in [0, 0.05) is 53.1 Å². The second-order valence-corrected chi connectivity index (χ2v) is 4.37. The van der Waals surface area contributed by atoms with Crippen LogP contribution in [0, 0.1) is 0 Å². The number of hydrogen-bond acceptors (Lipinski definition) is 3. The summed E-state index contributed by atoms with van der Waals surface area (Å²) in [5, 5.41) is 0. The van der Waals surface area contributed by atoms with Crippen LogP contribution < -0.4 is 0 Å². The second-order valence-electron chi connectivity index (χ2n) is 4.37. The van der Waals surface area contributed by atoms with E-state index in [4.69, 9.17) is 0 Å². The molecular formula is C11H21N3O2. The predicted molar refractivity (Wildman–Crippen MR) is 62.0 cm³/mol. The highest BCUT2D eigenvalue weighted by molar-refractivity contribution is 5.78. The van der Waals surface area contributed by atoms with E-state index in [0.717, 1.165) is 26.2 Å². The maximum absolute atomic E-state index is 11.8.